The molecule has 3 rings (SSSR count). The molecule has 112 valence electrons. The van der Waals surface area contributed by atoms with Gasteiger partial charge < -0.3 is 0 Å². The van der Waals surface area contributed by atoms with Crippen molar-refractivity contribution in [2.24, 2.45) is 0 Å². The lowest BCUT2D eigenvalue weighted by Gasteiger charge is -2.25. The molecule has 0 amide bonds. The fraction of sp³-hybridized carbons (Fsp3) is 0.231. The van der Waals surface area contributed by atoms with E-state index in [1.54, 1.807) is 29.3 Å². The Kier molecular flexibility index (Phi) is 4.42. The summed E-state index contributed by atoms with van der Waals surface area (Å²) in [5.41, 5.74) is 0.711. The number of fused-ring (bicyclic) bond motifs is 1. The van der Waals surface area contributed by atoms with Crippen LogP contribution in [0.1, 0.15) is 18.0 Å². The molecular weight excluding hydrogens is 397 g/mol. The van der Waals surface area contributed by atoms with Crippen molar-refractivity contribution in [3.8, 4) is 0 Å². The first-order chi connectivity index (χ1) is 9.97. The third kappa shape index (κ3) is 3.19. The fourth-order valence-electron chi connectivity index (χ4n) is 2.20. The summed E-state index contributed by atoms with van der Waals surface area (Å²) < 4.78 is 41.8. The lowest BCUT2D eigenvalue weighted by atomic mass is 10.0. The molecule has 1 atom stereocenters. The molecule has 0 radical (unpaired) electrons. The predicted molar refractivity (Wildman–Crippen MR) is 86.8 cm³/mol. The summed E-state index contributed by atoms with van der Waals surface area (Å²) in [6.45, 7) is 0. The van der Waals surface area contributed by atoms with Crippen LogP contribution in [0.2, 0.25) is 0 Å². The molecule has 8 heteroatoms. The molecule has 3 nitrogen and oxygen atoms in total. The van der Waals surface area contributed by atoms with Crippen LogP contribution in [0.4, 0.5) is 4.39 Å². The van der Waals surface area contributed by atoms with Gasteiger partial charge in [0.05, 0.1) is 0 Å². The first-order valence-corrected chi connectivity index (χ1v) is 10.3. The molecule has 1 unspecified atom stereocenters. The number of hydrogen-bond acceptors (Lipinski definition) is 4. The number of nitrogens with one attached hydrogen (secondary N) is 1. The molecule has 1 aromatic carbocycles. The zero-order valence-electron chi connectivity index (χ0n) is 10.7. The van der Waals surface area contributed by atoms with Crippen LogP contribution < -0.4 is 4.72 Å². The minimum Gasteiger partial charge on any atom is -0.207 e. The first-order valence-electron chi connectivity index (χ1n) is 6.15. The van der Waals surface area contributed by atoms with Gasteiger partial charge in [-0.3, -0.25) is 0 Å². The lowest BCUT2D eigenvalue weighted by molar-refractivity contribution is 0.543. The van der Waals surface area contributed by atoms with Crippen LogP contribution in [0.25, 0.3) is 0 Å². The van der Waals surface area contributed by atoms with Gasteiger partial charge in [-0.05, 0) is 63.3 Å². The van der Waals surface area contributed by atoms with Gasteiger partial charge in [0.2, 0.25) is 0 Å². The van der Waals surface area contributed by atoms with Crippen LogP contribution in [0.3, 0.4) is 0 Å². The third-order valence-corrected chi connectivity index (χ3v) is 8.40. The van der Waals surface area contributed by atoms with Gasteiger partial charge in [-0.1, -0.05) is 0 Å². The Morgan fingerprint density at radius 1 is 1.33 bits per heavy atom. The largest absolute Gasteiger partial charge is 0.251 e. The summed E-state index contributed by atoms with van der Waals surface area (Å²) in [4.78, 5) is 0.931. The maximum Gasteiger partial charge on any atom is 0.251 e. The Balaban J connectivity index is 1.94. The predicted octanol–water partition coefficient (Wildman–Crippen LogP) is 4.17. The Bertz CT molecular complexity index is 775. The monoisotopic (exact) mass is 407 g/mol. The summed E-state index contributed by atoms with van der Waals surface area (Å²) in [6, 6.07) is 5.83. The van der Waals surface area contributed by atoms with Crippen molar-refractivity contribution in [2.45, 2.75) is 21.6 Å². The summed E-state index contributed by atoms with van der Waals surface area (Å²) >= 11 is 6.01. The van der Waals surface area contributed by atoms with Gasteiger partial charge in [-0.15, -0.1) is 23.1 Å². The van der Waals surface area contributed by atoms with E-state index in [0.29, 0.717) is 16.5 Å². The molecule has 0 fully saturated rings. The molecule has 1 N–H and O–H groups in total. The van der Waals surface area contributed by atoms with E-state index in [9.17, 15) is 12.8 Å². The number of sulfonamides is 1. The van der Waals surface area contributed by atoms with Gasteiger partial charge in [-0.25, -0.2) is 17.5 Å². The lowest BCUT2D eigenvalue weighted by Crippen LogP contribution is -2.30. The molecule has 2 heterocycles. The molecule has 0 saturated carbocycles. The molecule has 1 aliphatic rings. The van der Waals surface area contributed by atoms with E-state index in [2.05, 4.69) is 20.7 Å². The van der Waals surface area contributed by atoms with Crippen molar-refractivity contribution < 1.29 is 12.8 Å². The molecule has 2 aromatic rings. The summed E-state index contributed by atoms with van der Waals surface area (Å²) in [5, 5.41) is 1.71. The van der Waals surface area contributed by atoms with Crippen LogP contribution in [-0.2, 0) is 10.0 Å². The molecule has 21 heavy (non-hydrogen) atoms. The minimum absolute atomic E-state index is 0.249. The maximum atomic E-state index is 13.4. The van der Waals surface area contributed by atoms with Crippen LogP contribution >= 0.6 is 39.0 Å². The average Bonchev–Trinajstić information content (AvgIpc) is 2.86. The summed E-state index contributed by atoms with van der Waals surface area (Å²) in [6.07, 6.45) is 0.642. The number of rotatable bonds is 3. The second kappa shape index (κ2) is 6.00. The normalized spacial score (nSPS) is 18.5. The Morgan fingerprint density at radius 3 is 2.86 bits per heavy atom. The molecule has 0 saturated heterocycles. The number of hydrogen-bond donors (Lipinski definition) is 1. The number of benzene rings is 1. The van der Waals surface area contributed by atoms with E-state index >= 15 is 0 Å². The van der Waals surface area contributed by atoms with Crippen molar-refractivity contribution in [2.75, 3.05) is 5.75 Å². The molecule has 0 spiro atoms. The second-order valence-corrected chi connectivity index (χ2v) is 9.37. The quantitative estimate of drug-likeness (QED) is 0.830. The second-order valence-electron chi connectivity index (χ2n) is 4.55. The molecule has 0 bridgehead atoms. The van der Waals surface area contributed by atoms with Crippen molar-refractivity contribution in [1.29, 1.82) is 0 Å². The number of thiophene rings is 1. The van der Waals surface area contributed by atoms with Crippen molar-refractivity contribution in [3.05, 3.63) is 45.5 Å². The fourth-order valence-corrected chi connectivity index (χ4v) is 6.91. The topological polar surface area (TPSA) is 46.2 Å². The van der Waals surface area contributed by atoms with E-state index in [0.717, 1.165) is 22.0 Å². The van der Waals surface area contributed by atoms with Crippen LogP contribution in [-0.4, -0.2) is 14.2 Å². The number of halogens is 2. The molecule has 0 aliphatic carbocycles. The van der Waals surface area contributed by atoms with Gasteiger partial charge >= 0.3 is 0 Å². The van der Waals surface area contributed by atoms with Gasteiger partial charge in [0, 0.05) is 15.4 Å². The smallest absolute Gasteiger partial charge is 0.207 e. The zero-order chi connectivity index (χ0) is 15.0. The standard InChI is InChI=1S/C13H11BrFNO2S3/c14-10-3-5-20-13(10)21(17,18)16-11-4-6-19-12-2-1-8(15)7-9(11)12/h1-3,5,7,11,16H,4,6H2. The van der Waals surface area contributed by atoms with Gasteiger partial charge in [0.15, 0.2) is 0 Å². The molecule has 1 aliphatic heterocycles. The van der Waals surface area contributed by atoms with E-state index in [1.807, 2.05) is 0 Å². The van der Waals surface area contributed by atoms with Crippen molar-refractivity contribution in [1.82, 2.24) is 4.72 Å². The summed E-state index contributed by atoms with van der Waals surface area (Å²) in [7, 11) is -3.61. The summed E-state index contributed by atoms with van der Waals surface area (Å²) in [5.74, 6) is 0.454. The van der Waals surface area contributed by atoms with Gasteiger partial charge in [0.1, 0.15) is 10.0 Å². The first kappa shape index (κ1) is 15.5. The van der Waals surface area contributed by atoms with Gasteiger partial charge in [0.25, 0.3) is 10.0 Å². The highest BCUT2D eigenvalue weighted by atomic mass is 79.9. The Labute approximate surface area is 139 Å². The highest BCUT2D eigenvalue weighted by molar-refractivity contribution is 9.10. The molecular formula is C13H11BrFNO2S3. The third-order valence-electron chi connectivity index (χ3n) is 3.14. The SMILES string of the molecule is O=S(=O)(NC1CCSc2ccc(F)cc21)c1sccc1Br. The average molecular weight is 408 g/mol. The van der Waals surface area contributed by atoms with Crippen LogP contribution in [0, 0.1) is 5.82 Å². The Morgan fingerprint density at radius 2 is 2.14 bits per heavy atom. The van der Waals surface area contributed by atoms with E-state index in [-0.39, 0.29) is 10.0 Å². The van der Waals surface area contributed by atoms with E-state index in [1.165, 1.54) is 12.1 Å². The zero-order valence-corrected chi connectivity index (χ0v) is 14.7. The molecule has 1 aromatic heterocycles. The van der Waals surface area contributed by atoms with Crippen molar-refractivity contribution >= 4 is 49.1 Å². The van der Waals surface area contributed by atoms with Gasteiger partial charge in [-0.2, -0.15) is 0 Å². The highest BCUT2D eigenvalue weighted by Crippen LogP contribution is 2.38. The Hall–Kier alpha value is -0.410. The minimum atomic E-state index is -3.61. The van der Waals surface area contributed by atoms with E-state index in [4.69, 9.17) is 0 Å². The maximum absolute atomic E-state index is 13.4. The number of thioether (sulfide) groups is 1. The van der Waals surface area contributed by atoms with E-state index < -0.39 is 16.1 Å². The highest BCUT2D eigenvalue weighted by Gasteiger charge is 2.28. The van der Waals surface area contributed by atoms with Crippen molar-refractivity contribution in [3.63, 3.8) is 0 Å². The van der Waals surface area contributed by atoms with Crippen LogP contribution in [0.5, 0.6) is 0 Å². The van der Waals surface area contributed by atoms with Crippen LogP contribution in [0.15, 0.2) is 43.2 Å².